The van der Waals surface area contributed by atoms with E-state index >= 15 is 0 Å². The first kappa shape index (κ1) is 17.7. The number of thiocarbonyl (C=S) groups is 1. The number of nitro benzene ring substituents is 1. The lowest BCUT2D eigenvalue weighted by atomic mass is 10.1. The van der Waals surface area contributed by atoms with Crippen LogP contribution in [-0.4, -0.2) is 51.0 Å². The molecule has 0 radical (unpaired) electrons. The van der Waals surface area contributed by atoms with E-state index in [1.54, 1.807) is 20.9 Å². The molecule has 1 aromatic rings. The van der Waals surface area contributed by atoms with Gasteiger partial charge in [-0.3, -0.25) is 19.8 Å². The largest absolute Gasteiger partial charge is 0.504 e. The Balaban J connectivity index is 2.57. The van der Waals surface area contributed by atoms with Crippen molar-refractivity contribution in [2.24, 2.45) is 0 Å². The number of amides is 1. The molecule has 0 bridgehead atoms. The molecule has 1 amide bonds. The predicted octanol–water partition coefficient (Wildman–Crippen LogP) is 2.12. The number of aromatic hydroxyl groups is 1. The van der Waals surface area contributed by atoms with Crippen molar-refractivity contribution >= 4 is 35.0 Å². The van der Waals surface area contributed by atoms with Crippen LogP contribution in [0.5, 0.6) is 11.5 Å². The lowest BCUT2D eigenvalue weighted by Crippen LogP contribution is -2.30. The molecule has 1 aromatic carbocycles. The van der Waals surface area contributed by atoms with Gasteiger partial charge in [0.25, 0.3) is 11.6 Å². The lowest BCUT2D eigenvalue weighted by Gasteiger charge is -2.13. The monoisotopic (exact) mass is 351 g/mol. The zero-order valence-electron chi connectivity index (χ0n) is 13.5. The van der Waals surface area contributed by atoms with Crippen LogP contribution in [0.25, 0.3) is 6.08 Å². The van der Waals surface area contributed by atoms with Crippen LogP contribution in [0, 0.1) is 10.1 Å². The highest BCUT2D eigenvalue weighted by Gasteiger charge is 2.34. The first-order valence-electron chi connectivity index (χ1n) is 7.27. The number of likely N-dealkylation sites (N-methyl/N-ethyl adjacent to an activating group) is 2. The molecule has 1 saturated heterocycles. The average Bonchev–Trinajstić information content (AvgIpc) is 2.74. The second-order valence-electron chi connectivity index (χ2n) is 4.99. The Hall–Kier alpha value is -2.68. The number of carbonyl (C=O) groups is 1. The van der Waals surface area contributed by atoms with Crippen LogP contribution in [0.15, 0.2) is 17.8 Å². The number of phenols is 1. The summed E-state index contributed by atoms with van der Waals surface area (Å²) >= 11 is 5.20. The summed E-state index contributed by atoms with van der Waals surface area (Å²) < 4.78 is 5.23. The molecule has 1 aliphatic rings. The van der Waals surface area contributed by atoms with Crippen molar-refractivity contribution in [3.63, 3.8) is 0 Å². The number of non-ortho nitro benzene ring substituents is 1. The highest BCUT2D eigenvalue weighted by Crippen LogP contribution is 2.37. The summed E-state index contributed by atoms with van der Waals surface area (Å²) in [6.45, 7) is 4.13. The van der Waals surface area contributed by atoms with Crippen molar-refractivity contribution < 1.29 is 19.6 Å². The number of carbonyl (C=O) groups excluding carboxylic acids is 1. The van der Waals surface area contributed by atoms with Gasteiger partial charge in [-0.25, -0.2) is 0 Å². The molecule has 1 aliphatic heterocycles. The molecule has 0 saturated carbocycles. The van der Waals surface area contributed by atoms with Crippen molar-refractivity contribution in [1.29, 1.82) is 0 Å². The summed E-state index contributed by atoms with van der Waals surface area (Å²) in [6, 6.07) is 2.33. The Morgan fingerprint density at radius 2 is 2.08 bits per heavy atom. The Morgan fingerprint density at radius 3 is 2.58 bits per heavy atom. The van der Waals surface area contributed by atoms with Crippen LogP contribution in [0.3, 0.4) is 0 Å². The molecular formula is C15H17N3O5S. The van der Waals surface area contributed by atoms with E-state index in [4.69, 9.17) is 17.0 Å². The number of benzene rings is 1. The predicted molar refractivity (Wildman–Crippen MR) is 91.7 cm³/mol. The number of phenolic OH excluding ortho intramolecular Hbond substituents is 1. The summed E-state index contributed by atoms with van der Waals surface area (Å²) in [5.74, 6) is -0.604. The zero-order chi connectivity index (χ0) is 18.0. The van der Waals surface area contributed by atoms with E-state index in [1.807, 2.05) is 0 Å². The van der Waals surface area contributed by atoms with Gasteiger partial charge in [0, 0.05) is 25.2 Å². The van der Waals surface area contributed by atoms with Crippen LogP contribution in [-0.2, 0) is 4.79 Å². The summed E-state index contributed by atoms with van der Waals surface area (Å²) in [5, 5.41) is 21.7. The molecule has 0 atom stereocenters. The summed E-state index contributed by atoms with van der Waals surface area (Å²) in [6.07, 6.45) is 1.37. The van der Waals surface area contributed by atoms with Gasteiger partial charge in [0.05, 0.1) is 17.6 Å². The average molecular weight is 351 g/mol. The Bertz CT molecular complexity index is 747. The van der Waals surface area contributed by atoms with Gasteiger partial charge < -0.3 is 14.7 Å². The molecule has 0 aliphatic carbocycles. The van der Waals surface area contributed by atoms with Gasteiger partial charge >= 0.3 is 0 Å². The van der Waals surface area contributed by atoms with E-state index in [-0.39, 0.29) is 41.0 Å². The van der Waals surface area contributed by atoms with Gasteiger partial charge in [0.15, 0.2) is 16.6 Å². The molecule has 1 N–H and O–H groups in total. The second-order valence-corrected chi connectivity index (χ2v) is 5.36. The molecule has 1 heterocycles. The van der Waals surface area contributed by atoms with Crippen LogP contribution in [0.2, 0.25) is 0 Å². The fourth-order valence-electron chi connectivity index (χ4n) is 2.33. The third-order valence-corrected chi connectivity index (χ3v) is 4.05. The van der Waals surface area contributed by atoms with Crippen LogP contribution in [0.4, 0.5) is 5.69 Å². The van der Waals surface area contributed by atoms with Crippen molar-refractivity contribution in [1.82, 2.24) is 9.80 Å². The van der Waals surface area contributed by atoms with E-state index < -0.39 is 4.92 Å². The molecule has 2 rings (SSSR count). The number of nitrogens with zero attached hydrogens (tertiary/aromatic N) is 3. The minimum absolute atomic E-state index is 0.0124. The third-order valence-electron chi connectivity index (χ3n) is 3.55. The van der Waals surface area contributed by atoms with Crippen molar-refractivity contribution in [3.8, 4) is 11.5 Å². The maximum Gasteiger partial charge on any atom is 0.276 e. The van der Waals surface area contributed by atoms with Crippen molar-refractivity contribution in [2.45, 2.75) is 13.8 Å². The van der Waals surface area contributed by atoms with E-state index in [1.165, 1.54) is 21.9 Å². The molecule has 1 fully saturated rings. The van der Waals surface area contributed by atoms with Gasteiger partial charge in [-0.1, -0.05) is 0 Å². The number of hydrogen-bond donors (Lipinski definition) is 1. The fraction of sp³-hybridized carbons (Fsp3) is 0.333. The molecule has 9 heteroatoms. The van der Waals surface area contributed by atoms with Crippen LogP contribution in [0.1, 0.15) is 19.4 Å². The van der Waals surface area contributed by atoms with Crippen LogP contribution < -0.4 is 4.74 Å². The minimum Gasteiger partial charge on any atom is -0.504 e. The SMILES string of the molecule is CCOc1cc([N+](=O)[O-])cc(/C=C2/C(=O)N(CC)C(=S)N2C)c1O. The lowest BCUT2D eigenvalue weighted by molar-refractivity contribution is -0.385. The van der Waals surface area contributed by atoms with E-state index in [0.717, 1.165) is 6.07 Å². The van der Waals surface area contributed by atoms with Gasteiger partial charge in [0.2, 0.25) is 0 Å². The highest BCUT2D eigenvalue weighted by atomic mass is 32.1. The van der Waals surface area contributed by atoms with E-state index in [9.17, 15) is 20.0 Å². The number of ether oxygens (including phenoxy) is 1. The Morgan fingerprint density at radius 1 is 1.42 bits per heavy atom. The first-order valence-corrected chi connectivity index (χ1v) is 7.68. The van der Waals surface area contributed by atoms with Crippen LogP contribution >= 0.6 is 12.2 Å². The van der Waals surface area contributed by atoms with E-state index in [0.29, 0.717) is 11.7 Å². The molecule has 24 heavy (non-hydrogen) atoms. The fourth-order valence-corrected chi connectivity index (χ4v) is 2.64. The van der Waals surface area contributed by atoms with Gasteiger partial charge in [-0.2, -0.15) is 0 Å². The number of hydrogen-bond acceptors (Lipinski definition) is 6. The van der Waals surface area contributed by atoms with Gasteiger partial charge in [0.1, 0.15) is 5.70 Å². The Labute approximate surface area is 144 Å². The van der Waals surface area contributed by atoms with Crippen molar-refractivity contribution in [2.75, 3.05) is 20.2 Å². The first-order chi connectivity index (χ1) is 11.3. The number of rotatable bonds is 5. The quantitative estimate of drug-likeness (QED) is 0.376. The number of nitro groups is 1. The van der Waals surface area contributed by atoms with Gasteiger partial charge in [-0.15, -0.1) is 0 Å². The molecule has 0 aromatic heterocycles. The summed E-state index contributed by atoms with van der Waals surface area (Å²) in [5.41, 5.74) is 0.0924. The zero-order valence-corrected chi connectivity index (χ0v) is 14.3. The minimum atomic E-state index is -0.590. The smallest absolute Gasteiger partial charge is 0.276 e. The molecule has 0 spiro atoms. The standard InChI is InChI=1S/C15H17N3O5S/c1-4-17-14(20)11(16(3)15(17)24)7-9-6-10(18(21)22)8-12(13(9)19)23-5-2/h6-8,19H,4-5H2,1-3H3/b11-7-. The molecule has 128 valence electrons. The third kappa shape index (κ3) is 3.02. The Kier molecular flexibility index (Phi) is 5.03. The maximum atomic E-state index is 12.4. The van der Waals surface area contributed by atoms with Crippen molar-refractivity contribution in [3.05, 3.63) is 33.5 Å². The van der Waals surface area contributed by atoms with E-state index in [2.05, 4.69) is 0 Å². The van der Waals surface area contributed by atoms with Gasteiger partial charge in [-0.05, 0) is 32.1 Å². The molecular weight excluding hydrogens is 334 g/mol. The topological polar surface area (TPSA) is 96.1 Å². The highest BCUT2D eigenvalue weighted by molar-refractivity contribution is 7.80. The second kappa shape index (κ2) is 6.83. The summed E-state index contributed by atoms with van der Waals surface area (Å²) in [7, 11) is 1.62. The normalized spacial score (nSPS) is 16.2. The molecule has 0 unspecified atom stereocenters. The summed E-state index contributed by atoms with van der Waals surface area (Å²) in [4.78, 5) is 25.8. The molecule has 8 nitrogen and oxygen atoms in total. The maximum absolute atomic E-state index is 12.4.